The molecule has 0 bridgehead atoms. The lowest BCUT2D eigenvalue weighted by Gasteiger charge is -2.38. The molecule has 0 atom stereocenters. The summed E-state index contributed by atoms with van der Waals surface area (Å²) >= 11 is 0. The van der Waals surface area contributed by atoms with Crippen molar-refractivity contribution in [3.05, 3.63) is 45.9 Å². The van der Waals surface area contributed by atoms with Crippen molar-refractivity contribution in [1.29, 1.82) is 5.26 Å². The SMILES string of the molecule is CNC(=O)/C(C#N)=C\c1c(N2CCC3(CC2)OCCO3)nc2ccccn2c1=O. The molecule has 2 aromatic heterocycles. The van der Waals surface area contributed by atoms with Gasteiger partial charge in [-0.3, -0.25) is 14.0 Å². The number of nitrogens with one attached hydrogen (secondary N) is 1. The Labute approximate surface area is 167 Å². The lowest BCUT2D eigenvalue weighted by molar-refractivity contribution is -0.169. The van der Waals surface area contributed by atoms with E-state index in [0.29, 0.717) is 50.6 Å². The Morgan fingerprint density at radius 2 is 2.03 bits per heavy atom. The van der Waals surface area contributed by atoms with Crippen molar-refractivity contribution in [2.45, 2.75) is 18.6 Å². The van der Waals surface area contributed by atoms with Gasteiger partial charge in [-0.25, -0.2) is 4.98 Å². The molecule has 2 aliphatic rings. The number of hydrogen-bond acceptors (Lipinski definition) is 7. The van der Waals surface area contributed by atoms with Crippen molar-refractivity contribution in [1.82, 2.24) is 14.7 Å². The number of carbonyl (C=O) groups is 1. The lowest BCUT2D eigenvalue weighted by atomic mass is 10.0. The molecule has 9 nitrogen and oxygen atoms in total. The van der Waals surface area contributed by atoms with Crippen LogP contribution in [-0.2, 0) is 14.3 Å². The van der Waals surface area contributed by atoms with Crippen LogP contribution in [0.4, 0.5) is 5.82 Å². The van der Waals surface area contributed by atoms with E-state index in [-0.39, 0.29) is 16.7 Å². The number of ether oxygens (including phenoxy) is 2. The van der Waals surface area contributed by atoms with Crippen molar-refractivity contribution < 1.29 is 14.3 Å². The van der Waals surface area contributed by atoms with Gasteiger partial charge in [-0.15, -0.1) is 0 Å². The number of amides is 1. The fourth-order valence-corrected chi connectivity index (χ4v) is 3.73. The third-order valence-electron chi connectivity index (χ3n) is 5.27. The topological polar surface area (TPSA) is 109 Å². The zero-order valence-electron chi connectivity index (χ0n) is 16.1. The maximum Gasteiger partial charge on any atom is 0.267 e. The molecule has 0 aliphatic carbocycles. The maximum atomic E-state index is 13.2. The van der Waals surface area contributed by atoms with E-state index in [1.165, 1.54) is 17.5 Å². The highest BCUT2D eigenvalue weighted by Gasteiger charge is 2.40. The van der Waals surface area contributed by atoms with Gasteiger partial charge in [-0.1, -0.05) is 6.07 Å². The van der Waals surface area contributed by atoms with Crippen molar-refractivity contribution in [3.8, 4) is 6.07 Å². The van der Waals surface area contributed by atoms with E-state index in [0.717, 1.165) is 0 Å². The van der Waals surface area contributed by atoms with Gasteiger partial charge >= 0.3 is 0 Å². The number of likely N-dealkylation sites (N-methyl/N-ethyl adjacent to an activating group) is 1. The summed E-state index contributed by atoms with van der Waals surface area (Å²) in [5, 5.41) is 11.8. The average molecular weight is 395 g/mol. The largest absolute Gasteiger partial charge is 0.355 e. The molecule has 9 heteroatoms. The van der Waals surface area contributed by atoms with E-state index in [1.807, 2.05) is 11.0 Å². The second-order valence-corrected chi connectivity index (χ2v) is 6.93. The molecule has 2 aliphatic heterocycles. The number of piperidine rings is 1. The van der Waals surface area contributed by atoms with Crippen LogP contribution in [-0.4, -0.2) is 54.4 Å². The summed E-state index contributed by atoms with van der Waals surface area (Å²) in [6, 6.07) is 7.14. The molecule has 150 valence electrons. The second-order valence-electron chi connectivity index (χ2n) is 6.93. The first-order chi connectivity index (χ1) is 14.1. The summed E-state index contributed by atoms with van der Waals surface area (Å²) in [5.74, 6) is -0.662. The maximum absolute atomic E-state index is 13.2. The van der Waals surface area contributed by atoms with Crippen molar-refractivity contribution in [2.75, 3.05) is 38.3 Å². The Kier molecular flexibility index (Phi) is 5.05. The molecule has 4 heterocycles. The lowest BCUT2D eigenvalue weighted by Crippen LogP contribution is -2.46. The highest BCUT2D eigenvalue weighted by molar-refractivity contribution is 6.02. The first-order valence-electron chi connectivity index (χ1n) is 9.45. The van der Waals surface area contributed by atoms with Gasteiger partial charge in [0.25, 0.3) is 11.5 Å². The number of anilines is 1. The van der Waals surface area contributed by atoms with Crippen LogP contribution in [0.1, 0.15) is 18.4 Å². The van der Waals surface area contributed by atoms with Crippen LogP contribution >= 0.6 is 0 Å². The summed E-state index contributed by atoms with van der Waals surface area (Å²) in [7, 11) is 1.44. The zero-order valence-corrected chi connectivity index (χ0v) is 16.1. The number of hydrogen-bond donors (Lipinski definition) is 1. The standard InChI is InChI=1S/C20H21N5O4/c1-22-18(26)14(13-21)12-15-17(23-16-4-2-3-7-25(16)19(15)27)24-8-5-20(6-9-24)28-10-11-29-20/h2-4,7,12H,5-6,8-11H2,1H3,(H,22,26)/b14-12-. The number of nitrogens with zero attached hydrogens (tertiary/aromatic N) is 4. The molecular formula is C20H21N5O4. The normalized spacial score (nSPS) is 18.8. The monoisotopic (exact) mass is 395 g/mol. The van der Waals surface area contributed by atoms with Crippen molar-refractivity contribution in [2.24, 2.45) is 0 Å². The average Bonchev–Trinajstić information content (AvgIpc) is 3.21. The van der Waals surface area contributed by atoms with Gasteiger partial charge in [-0.05, 0) is 18.2 Å². The van der Waals surface area contributed by atoms with Crippen LogP contribution in [0.3, 0.4) is 0 Å². The van der Waals surface area contributed by atoms with Crippen LogP contribution in [0.25, 0.3) is 11.7 Å². The number of nitriles is 1. The Morgan fingerprint density at radius 3 is 2.69 bits per heavy atom. The van der Waals surface area contributed by atoms with Crippen molar-refractivity contribution >= 4 is 23.4 Å². The zero-order chi connectivity index (χ0) is 20.4. The van der Waals surface area contributed by atoms with Crippen molar-refractivity contribution in [3.63, 3.8) is 0 Å². The first-order valence-corrected chi connectivity index (χ1v) is 9.45. The van der Waals surface area contributed by atoms with E-state index in [9.17, 15) is 14.9 Å². The first kappa shape index (κ1) is 19.1. The van der Waals surface area contributed by atoms with Gasteiger partial charge in [-0.2, -0.15) is 5.26 Å². The van der Waals surface area contributed by atoms with E-state index >= 15 is 0 Å². The molecule has 1 amide bonds. The molecule has 4 rings (SSSR count). The molecule has 0 radical (unpaired) electrons. The number of carbonyl (C=O) groups excluding carboxylic acids is 1. The quantitative estimate of drug-likeness (QED) is 0.602. The van der Waals surface area contributed by atoms with Gasteiger partial charge in [0.2, 0.25) is 0 Å². The minimum atomic E-state index is -0.557. The molecule has 0 saturated carbocycles. The Hall–Kier alpha value is -3.22. The Morgan fingerprint density at radius 1 is 1.31 bits per heavy atom. The molecule has 1 spiro atoms. The van der Waals surface area contributed by atoms with Crippen LogP contribution < -0.4 is 15.8 Å². The second kappa shape index (κ2) is 7.66. The molecule has 29 heavy (non-hydrogen) atoms. The number of fused-ring (bicyclic) bond motifs is 1. The molecular weight excluding hydrogens is 374 g/mol. The van der Waals surface area contributed by atoms with Gasteiger partial charge in [0, 0.05) is 39.2 Å². The van der Waals surface area contributed by atoms with E-state index < -0.39 is 11.7 Å². The smallest absolute Gasteiger partial charge is 0.267 e. The molecule has 2 fully saturated rings. The molecule has 2 saturated heterocycles. The fourth-order valence-electron chi connectivity index (χ4n) is 3.73. The van der Waals surface area contributed by atoms with E-state index in [4.69, 9.17) is 9.47 Å². The fraction of sp³-hybridized carbons (Fsp3) is 0.400. The summed E-state index contributed by atoms with van der Waals surface area (Å²) < 4.78 is 13.0. The Balaban J connectivity index is 1.80. The molecule has 2 aromatic rings. The highest BCUT2D eigenvalue weighted by Crippen LogP contribution is 2.33. The van der Waals surface area contributed by atoms with E-state index in [1.54, 1.807) is 24.4 Å². The minimum absolute atomic E-state index is 0.153. The molecule has 0 unspecified atom stereocenters. The van der Waals surface area contributed by atoms with Crippen LogP contribution in [0, 0.1) is 11.3 Å². The summed E-state index contributed by atoms with van der Waals surface area (Å²) in [6.07, 6.45) is 4.22. The van der Waals surface area contributed by atoms with Gasteiger partial charge in [0.1, 0.15) is 23.1 Å². The highest BCUT2D eigenvalue weighted by atomic mass is 16.7. The summed E-state index contributed by atoms with van der Waals surface area (Å²) in [4.78, 5) is 31.8. The summed E-state index contributed by atoms with van der Waals surface area (Å²) in [5.41, 5.74) is 0.213. The number of aromatic nitrogens is 2. The van der Waals surface area contributed by atoms with Crippen LogP contribution in [0.5, 0.6) is 0 Å². The number of rotatable bonds is 3. The van der Waals surface area contributed by atoms with Crippen LogP contribution in [0.15, 0.2) is 34.8 Å². The van der Waals surface area contributed by atoms with Gasteiger partial charge in [0.05, 0.1) is 18.8 Å². The Bertz CT molecular complexity index is 1070. The third kappa shape index (κ3) is 3.48. The molecule has 1 N–H and O–H groups in total. The van der Waals surface area contributed by atoms with Gasteiger partial charge in [0.15, 0.2) is 5.79 Å². The molecule has 0 aromatic carbocycles. The minimum Gasteiger partial charge on any atom is -0.355 e. The van der Waals surface area contributed by atoms with E-state index in [2.05, 4.69) is 10.3 Å². The predicted octanol–water partition coefficient (Wildman–Crippen LogP) is 0.691. The number of pyridine rings is 1. The predicted molar refractivity (Wildman–Crippen MR) is 105 cm³/mol. The van der Waals surface area contributed by atoms with Crippen LogP contribution in [0.2, 0.25) is 0 Å². The third-order valence-corrected chi connectivity index (χ3v) is 5.27. The summed E-state index contributed by atoms with van der Waals surface area (Å²) in [6.45, 7) is 2.33. The van der Waals surface area contributed by atoms with Gasteiger partial charge < -0.3 is 19.7 Å².